The second-order valence-electron chi connectivity index (χ2n) is 23.4. The molecule has 0 aliphatic carbocycles. The predicted molar refractivity (Wildman–Crippen MR) is 360 cm³/mol. The fourth-order valence-electron chi connectivity index (χ4n) is 10.5. The maximum absolute atomic E-state index is 14.3. The standard InChI is InChI=1S/C61H88N20O14S/c1-79-23-25-81(34-49(86)87)26-24-80(2)42(33-79)27-35-10-14-40(15-11-35)73-61(96)69-20-4-3-8-45(56(92)93)75-53(89)37(7-5-21-67-58(62)63)29-47(83)44(9-6-22-68-59(64)65)74-54(90)38(30-48(84)85)28-43(82)18-19-46(57(94)95)76-52(88)36-12-16-39(17-13-36)70-31-41-32-71-51-50(72-41)55(91)78-60(66)77-51/h10-17,32,37-38,42,44-46,70H,3-9,18-31,33-34H2,1-2H3,(H,74,90)(H,75,89)(H,76,88)(H,84,85)(H,86,87)(H,92,93)(H,94,95)(H4,62,63,67)(H4,64,65,68)(H2,69,73,96)(H3,66,71,77,78,91)/t37-,38+,42?,44+,45+,46+/m1/s1. The number of hydrogen-bond acceptors (Lipinski definition) is 21. The third-order valence-electron chi connectivity index (χ3n) is 15.7. The van der Waals surface area contributed by atoms with Crippen molar-refractivity contribution in [3.63, 3.8) is 0 Å². The highest BCUT2D eigenvalue weighted by Gasteiger charge is 2.33. The molecule has 1 fully saturated rings. The molecule has 1 saturated heterocycles. The Labute approximate surface area is 558 Å². The number of nitrogens with one attached hydrogen (secondary N) is 7. The summed E-state index contributed by atoms with van der Waals surface area (Å²) in [6.07, 6.45) is -0.112. The van der Waals surface area contributed by atoms with Gasteiger partial charge in [0, 0.05) is 101 Å². The van der Waals surface area contributed by atoms with Crippen molar-refractivity contribution in [2.75, 3.05) is 89.4 Å². The molecular formula is C61H88N20O14S. The van der Waals surface area contributed by atoms with Crippen LogP contribution in [0.5, 0.6) is 0 Å². The molecule has 0 radical (unpaired) electrons. The van der Waals surface area contributed by atoms with E-state index in [0.29, 0.717) is 49.0 Å². The van der Waals surface area contributed by atoms with Gasteiger partial charge in [-0.15, -0.1) is 0 Å². The number of anilines is 3. The zero-order valence-corrected chi connectivity index (χ0v) is 54.5. The number of likely N-dealkylation sites (N-methyl/N-ethyl adjacent to an activating group) is 2. The normalized spacial score (nSPS) is 15.3. The summed E-state index contributed by atoms with van der Waals surface area (Å²) < 4.78 is 0. The molecule has 4 aromatic rings. The van der Waals surface area contributed by atoms with Crippen LogP contribution in [0.3, 0.4) is 0 Å². The quantitative estimate of drug-likeness (QED) is 0.0110. The highest BCUT2D eigenvalue weighted by molar-refractivity contribution is 7.80. The number of H-pyrrole nitrogens is 1. The largest absolute Gasteiger partial charge is 0.481 e. The van der Waals surface area contributed by atoms with Crippen molar-refractivity contribution in [2.24, 2.45) is 44.8 Å². The molecule has 522 valence electrons. The van der Waals surface area contributed by atoms with Crippen LogP contribution >= 0.6 is 12.2 Å². The van der Waals surface area contributed by atoms with Crippen molar-refractivity contribution in [3.05, 3.63) is 81.9 Å². The first-order valence-corrected chi connectivity index (χ1v) is 31.6. The van der Waals surface area contributed by atoms with Gasteiger partial charge in [0.05, 0.1) is 43.4 Å². The Morgan fingerprint density at radius 2 is 1.31 bits per heavy atom. The van der Waals surface area contributed by atoms with Crippen LogP contribution in [0.15, 0.2) is 69.5 Å². The van der Waals surface area contributed by atoms with Crippen molar-refractivity contribution < 1.29 is 63.6 Å². The van der Waals surface area contributed by atoms with Gasteiger partial charge in [0.15, 0.2) is 34.0 Å². The Kier molecular flexibility index (Phi) is 31.2. The molecule has 6 atom stereocenters. The van der Waals surface area contributed by atoms with E-state index in [1.165, 1.54) is 30.5 Å². The van der Waals surface area contributed by atoms with Crippen LogP contribution in [-0.4, -0.2) is 222 Å². The van der Waals surface area contributed by atoms with E-state index in [9.17, 15) is 68.4 Å². The number of hydrogen-bond donors (Lipinski definition) is 16. The van der Waals surface area contributed by atoms with Crippen LogP contribution in [0.25, 0.3) is 11.2 Å². The van der Waals surface area contributed by atoms with E-state index >= 15 is 0 Å². The number of aliphatic imine (C=N–C) groups is 2. The number of nitrogen functional groups attached to an aromatic ring is 1. The number of Topliss-reactive ketones (excluding diaryl/α,β-unsaturated/α-hetero) is 2. The molecule has 34 nitrogen and oxygen atoms in total. The zero-order chi connectivity index (χ0) is 70.4. The average molecular weight is 1360 g/mol. The van der Waals surface area contributed by atoms with Gasteiger partial charge < -0.3 is 90.8 Å². The molecular weight excluding hydrogens is 1270 g/mol. The van der Waals surface area contributed by atoms with Crippen LogP contribution in [-0.2, 0) is 51.3 Å². The monoisotopic (exact) mass is 1360 g/mol. The van der Waals surface area contributed by atoms with Gasteiger partial charge in [0.25, 0.3) is 11.5 Å². The summed E-state index contributed by atoms with van der Waals surface area (Å²) in [4.78, 5) is 159. The number of carboxylic acids is 4. The van der Waals surface area contributed by atoms with Crippen LogP contribution in [0.2, 0.25) is 0 Å². The Morgan fingerprint density at radius 3 is 1.96 bits per heavy atom. The van der Waals surface area contributed by atoms with Gasteiger partial charge in [-0.1, -0.05) is 12.1 Å². The maximum Gasteiger partial charge on any atom is 0.326 e. The van der Waals surface area contributed by atoms with Crippen LogP contribution < -0.4 is 66.1 Å². The number of aliphatic carboxylic acids is 4. The summed E-state index contributed by atoms with van der Waals surface area (Å²) in [7, 11) is 4.09. The van der Waals surface area contributed by atoms with Crippen LogP contribution in [0.1, 0.15) is 98.7 Å². The molecule has 2 aromatic heterocycles. The molecule has 1 aliphatic rings. The van der Waals surface area contributed by atoms with E-state index in [0.717, 1.165) is 37.3 Å². The summed E-state index contributed by atoms with van der Waals surface area (Å²) in [5.74, 6) is -12.6. The molecule has 96 heavy (non-hydrogen) atoms. The summed E-state index contributed by atoms with van der Waals surface area (Å²) in [5.41, 5.74) is 29.9. The average Bonchev–Trinajstić information content (AvgIpc) is 0.871. The summed E-state index contributed by atoms with van der Waals surface area (Å²) in [6, 6.07) is 9.55. The van der Waals surface area contributed by atoms with Crippen molar-refractivity contribution in [1.29, 1.82) is 0 Å². The molecule has 35 heteroatoms. The smallest absolute Gasteiger partial charge is 0.326 e. The lowest BCUT2D eigenvalue weighted by atomic mass is 9.90. The SMILES string of the molecule is CN1CCN(CC(=O)O)CCN(C)C(Cc2ccc(NC(=S)NCCCC[C@H](NC(=O)[C@H](CCCN=C(N)N)CC(=O)[C@H](CCCN=C(N)N)NC(=O)[C@H](CC(=O)O)CC(=O)CC[C@H](NC(=O)c3ccc(NCc4cnc5nc(N)[nH]c(=O)c5n4)cc3)C(=O)O)C(=O)O)cc2)C1. The van der Waals surface area contributed by atoms with Crippen molar-refractivity contribution in [1.82, 2.24) is 55.9 Å². The second kappa shape index (κ2) is 39.0. The lowest BCUT2D eigenvalue weighted by molar-refractivity contribution is -0.143. The fraction of sp³-hybridized carbons (Fsp3) is 0.508. The van der Waals surface area contributed by atoms with Gasteiger partial charge in [0.2, 0.25) is 17.8 Å². The number of nitrogens with two attached hydrogens (primary N) is 5. The maximum atomic E-state index is 14.3. The predicted octanol–water partition coefficient (Wildman–Crippen LogP) is -1.01. The number of nitrogens with zero attached hydrogens (tertiary/aromatic N) is 8. The third kappa shape index (κ3) is 27.5. The Hall–Kier alpha value is -10.0. The number of rotatable bonds is 39. The molecule has 1 aliphatic heterocycles. The molecule has 3 amide bonds. The van der Waals surface area contributed by atoms with Crippen LogP contribution in [0, 0.1) is 11.8 Å². The van der Waals surface area contributed by atoms with E-state index < -0.39 is 121 Å². The van der Waals surface area contributed by atoms with Crippen LogP contribution in [0.4, 0.5) is 17.3 Å². The van der Waals surface area contributed by atoms with Gasteiger partial charge >= 0.3 is 23.9 Å². The highest BCUT2D eigenvalue weighted by atomic mass is 32.1. The number of thiocarbonyl (C=S) groups is 1. The Morgan fingerprint density at radius 1 is 0.698 bits per heavy atom. The number of aromatic amines is 1. The molecule has 5 rings (SSSR count). The van der Waals surface area contributed by atoms with E-state index in [4.69, 9.17) is 40.9 Å². The van der Waals surface area contributed by atoms with E-state index in [1.807, 2.05) is 36.2 Å². The van der Waals surface area contributed by atoms with Crippen molar-refractivity contribution in [2.45, 2.75) is 114 Å². The van der Waals surface area contributed by atoms with E-state index in [2.05, 4.69) is 78.7 Å². The number of benzene rings is 2. The minimum atomic E-state index is -1.60. The molecule has 1 unspecified atom stereocenters. The van der Waals surface area contributed by atoms with Crippen molar-refractivity contribution in [3.8, 4) is 0 Å². The molecule has 2 aromatic carbocycles. The lowest BCUT2D eigenvalue weighted by Crippen LogP contribution is -2.47. The minimum absolute atomic E-state index is 0.000526. The Balaban J connectivity index is 1.14. The van der Waals surface area contributed by atoms with Gasteiger partial charge in [0.1, 0.15) is 17.9 Å². The number of carboxylic acid groups (broad SMARTS) is 4. The lowest BCUT2D eigenvalue weighted by Gasteiger charge is -2.30. The number of unbranched alkanes of at least 4 members (excludes halogenated alkanes) is 1. The highest BCUT2D eigenvalue weighted by Crippen LogP contribution is 2.21. The van der Waals surface area contributed by atoms with Crippen molar-refractivity contribution >= 4 is 111 Å². The summed E-state index contributed by atoms with van der Waals surface area (Å²) in [5, 5.41) is 56.6. The topological polar surface area (TPSA) is 543 Å². The zero-order valence-electron chi connectivity index (χ0n) is 53.7. The number of guanidine groups is 2. The summed E-state index contributed by atoms with van der Waals surface area (Å²) >= 11 is 5.53. The number of amides is 3. The van der Waals surface area contributed by atoms with E-state index in [1.54, 1.807) is 0 Å². The second-order valence-corrected chi connectivity index (χ2v) is 23.8. The molecule has 21 N–H and O–H groups in total. The van der Waals surface area contributed by atoms with E-state index in [-0.39, 0.29) is 98.9 Å². The fourth-order valence-corrected chi connectivity index (χ4v) is 10.7. The van der Waals surface area contributed by atoms with Gasteiger partial charge in [-0.05, 0) is 126 Å². The number of fused-ring (bicyclic) bond motifs is 1. The number of carbonyl (C=O) groups excluding carboxylic acids is 5. The minimum Gasteiger partial charge on any atom is -0.481 e. The van der Waals surface area contributed by atoms with Gasteiger partial charge in [-0.25, -0.2) is 19.6 Å². The summed E-state index contributed by atoms with van der Waals surface area (Å²) in [6.45, 7) is 4.11. The molecule has 3 heterocycles. The Bertz CT molecular complexity index is 3460. The molecule has 0 saturated carbocycles. The number of aromatic nitrogens is 4. The first-order chi connectivity index (χ1) is 45.6. The first kappa shape index (κ1) is 76.7. The number of ketones is 2. The van der Waals surface area contributed by atoms with Gasteiger partial charge in [-0.2, -0.15) is 4.98 Å². The molecule has 0 bridgehead atoms. The van der Waals surface area contributed by atoms with Gasteiger partial charge in [-0.3, -0.25) is 58.2 Å². The first-order valence-electron chi connectivity index (χ1n) is 31.2. The number of carbonyl (C=O) groups is 9. The molecule has 0 spiro atoms. The third-order valence-corrected chi connectivity index (χ3v) is 16.0.